The van der Waals surface area contributed by atoms with Crippen LogP contribution in [0.15, 0.2) is 90.5 Å². The van der Waals surface area contributed by atoms with Crippen LogP contribution in [0.4, 0.5) is 25.0 Å². The first-order valence-corrected chi connectivity index (χ1v) is 25.2. The van der Waals surface area contributed by atoms with Crippen molar-refractivity contribution in [2.45, 2.75) is 103 Å². The maximum absolute atomic E-state index is 15.1. The molecule has 2 unspecified atom stereocenters. The maximum Gasteiger partial charge on any atom is 1.00 e. The van der Waals surface area contributed by atoms with Crippen molar-refractivity contribution in [2.24, 2.45) is 5.92 Å². The second-order valence-corrected chi connectivity index (χ2v) is 18.8. The van der Waals surface area contributed by atoms with E-state index in [0.717, 1.165) is 43.6 Å². The fourth-order valence-electron chi connectivity index (χ4n) is 8.97. The molecule has 0 saturated carbocycles. The van der Waals surface area contributed by atoms with Gasteiger partial charge in [-0.15, -0.1) is 0 Å². The molecule has 2 aliphatic rings. The van der Waals surface area contributed by atoms with Gasteiger partial charge in [0.1, 0.15) is 48.1 Å². The number of esters is 1. The van der Waals surface area contributed by atoms with E-state index in [9.17, 15) is 33.1 Å². The molecule has 0 aliphatic carbocycles. The summed E-state index contributed by atoms with van der Waals surface area (Å²) in [5, 5.41) is 8.53. The molecule has 0 bridgehead atoms. The summed E-state index contributed by atoms with van der Waals surface area (Å²) in [4.78, 5) is 68.1. The van der Waals surface area contributed by atoms with E-state index in [2.05, 4.69) is 29.5 Å². The van der Waals surface area contributed by atoms with Crippen molar-refractivity contribution in [3.05, 3.63) is 113 Å². The summed E-state index contributed by atoms with van der Waals surface area (Å²) < 4.78 is 76.0. The fourth-order valence-corrected chi connectivity index (χ4v) is 9.32. The number of hydrogen-bond acceptors (Lipinski definition) is 17. The van der Waals surface area contributed by atoms with Crippen molar-refractivity contribution in [2.75, 3.05) is 55.8 Å². The molecule has 5 atom stereocenters. The average Bonchev–Trinajstić information content (AvgIpc) is 4.10. The molecule has 2 fully saturated rings. The molecule has 0 amide bonds. The van der Waals surface area contributed by atoms with E-state index in [1.807, 2.05) is 55.5 Å². The van der Waals surface area contributed by atoms with Gasteiger partial charge in [0.2, 0.25) is 6.29 Å². The Morgan fingerprint density at radius 2 is 1.49 bits per heavy atom. The summed E-state index contributed by atoms with van der Waals surface area (Å²) in [6.07, 6.45) is 5.05. The summed E-state index contributed by atoms with van der Waals surface area (Å²) in [6, 6.07) is 18.5. The van der Waals surface area contributed by atoms with Crippen LogP contribution < -0.4 is 89.1 Å². The van der Waals surface area contributed by atoms with E-state index < -0.39 is 61.3 Å². The zero-order valence-corrected chi connectivity index (χ0v) is 46.8. The number of hydrogen-bond donors (Lipinski definition) is 0. The minimum atomic E-state index is -4.97. The maximum atomic E-state index is 15.1. The van der Waals surface area contributed by atoms with Crippen molar-refractivity contribution in [3.8, 4) is 11.4 Å². The van der Waals surface area contributed by atoms with E-state index in [0.29, 0.717) is 69.6 Å². The molecule has 4 heterocycles. The Labute approximate surface area is 466 Å². The molecule has 384 valence electrons. The molecule has 25 heteroatoms. The summed E-state index contributed by atoms with van der Waals surface area (Å²) in [5.74, 6) is -1.26. The molecular weight excluding hydrogens is 996 g/mol. The third-order valence-corrected chi connectivity index (χ3v) is 13.1. The van der Waals surface area contributed by atoms with E-state index in [1.165, 1.54) is 41.0 Å². The SMILES string of the molecule is CC[C@@H](C(C)OC(=O)OC(C)OC(=O)CCCCCCCOP(=O)([O-])[O-])n1ncn(-c2ccc(N3CCN(c4ccc(OC[C@@H]5CO[C@@](Cn6cncn6)(c6ccc(F)cc6F)C5)cc4)CC3)cc2)c1=O.[Na+].[Na+]. The average molecular weight is 1050 g/mol. The van der Waals surface area contributed by atoms with E-state index in [4.69, 9.17) is 23.7 Å². The van der Waals surface area contributed by atoms with Gasteiger partial charge in [-0.2, -0.15) is 10.2 Å². The molecule has 3 aromatic carbocycles. The molecule has 0 radical (unpaired) electrons. The van der Waals surface area contributed by atoms with Crippen LogP contribution >= 0.6 is 7.82 Å². The minimum Gasteiger partial charge on any atom is -0.790 e. The van der Waals surface area contributed by atoms with Crippen molar-refractivity contribution in [1.82, 2.24) is 29.1 Å². The number of ether oxygens (including phenoxy) is 5. The Bertz CT molecular complexity index is 2620. The Morgan fingerprint density at radius 1 is 0.849 bits per heavy atom. The first kappa shape index (κ1) is 59.7. The zero-order chi connectivity index (χ0) is 50.5. The predicted octanol–water partition coefficient (Wildman–Crippen LogP) is -0.183. The van der Waals surface area contributed by atoms with Crippen LogP contribution in [0.3, 0.4) is 0 Å². The second-order valence-electron chi connectivity index (χ2n) is 17.6. The third kappa shape index (κ3) is 16.9. The normalized spacial score (nSPS) is 18.0. The van der Waals surface area contributed by atoms with Gasteiger partial charge in [0.05, 0.1) is 45.9 Å². The number of halogens is 2. The zero-order valence-electron chi connectivity index (χ0n) is 41.9. The second kappa shape index (κ2) is 28.1. The Hall–Kier alpha value is -4.19. The number of anilines is 2. The molecule has 5 aromatic rings. The topological polar surface area (TPSA) is 230 Å². The number of rotatable bonds is 24. The standard InChI is InChI=1S/C48H61F2N8O12P.2Na/c1-4-44(34(2)68-47(61)70-35(3)69-45(59)10-8-6-5-7-9-25-67-71(62,63)64)58-46(60)57(33-53-58)40-14-12-38(13-15-40)54-21-23-55(24-22-54)39-16-18-41(19-17-39)65-28-36-27-48(66-29-36,30-56-32-51-31-52-56)42-20-11-37(49)26-43(42)50;;/h11-20,26,31-36,44H,4-10,21-25,27-30H2,1-3H3,(H2,62,63,64);;/q;2*+1/p-2/t34?,35?,36-,44+,48+;;/m1../s1. The summed E-state index contributed by atoms with van der Waals surface area (Å²) in [7, 11) is -4.97. The van der Waals surface area contributed by atoms with Crippen LogP contribution in [0.1, 0.15) is 83.7 Å². The van der Waals surface area contributed by atoms with Gasteiger partial charge >= 0.3 is 76.9 Å². The Balaban J connectivity index is 0.00000494. The molecule has 2 aromatic heterocycles. The minimum absolute atomic E-state index is 0. The number of benzene rings is 3. The molecule has 2 saturated heterocycles. The quantitative estimate of drug-likeness (QED) is 0.0257. The van der Waals surface area contributed by atoms with Crippen LogP contribution in [0, 0.1) is 17.6 Å². The first-order valence-electron chi connectivity index (χ1n) is 23.7. The van der Waals surface area contributed by atoms with Gasteiger partial charge < -0.3 is 52.4 Å². The Morgan fingerprint density at radius 3 is 2.12 bits per heavy atom. The number of piperazine rings is 1. The third-order valence-electron chi connectivity index (χ3n) is 12.6. The van der Waals surface area contributed by atoms with Crippen LogP contribution in [-0.2, 0) is 45.0 Å². The van der Waals surface area contributed by atoms with Crippen molar-refractivity contribution in [1.29, 1.82) is 0 Å². The van der Waals surface area contributed by atoms with Gasteiger partial charge in [-0.1, -0.05) is 32.3 Å². The number of unbranched alkanes of at least 4 members (excludes halogenated alkanes) is 4. The molecular formula is C48H59F2N8Na2O12P. The van der Waals surface area contributed by atoms with Gasteiger partial charge in [0, 0.05) is 68.4 Å². The molecule has 0 spiro atoms. The first-order chi connectivity index (χ1) is 34.1. The van der Waals surface area contributed by atoms with Gasteiger partial charge in [-0.25, -0.2) is 37.3 Å². The van der Waals surface area contributed by atoms with Gasteiger partial charge in [0.25, 0.3) is 0 Å². The van der Waals surface area contributed by atoms with E-state index in [-0.39, 0.29) is 90.2 Å². The summed E-state index contributed by atoms with van der Waals surface area (Å²) >= 11 is 0. The van der Waals surface area contributed by atoms with Crippen molar-refractivity contribution < 1.29 is 120 Å². The Kier molecular flexibility index (Phi) is 23.0. The van der Waals surface area contributed by atoms with E-state index in [1.54, 1.807) is 17.9 Å². The smallest absolute Gasteiger partial charge is 0.790 e. The monoisotopic (exact) mass is 1050 g/mol. The molecule has 73 heavy (non-hydrogen) atoms. The van der Waals surface area contributed by atoms with Crippen molar-refractivity contribution in [3.63, 3.8) is 0 Å². The largest absolute Gasteiger partial charge is 1.00 e. The number of carbonyl (C=O) groups excluding carboxylic acids is 2. The molecule has 7 rings (SSSR count). The summed E-state index contributed by atoms with van der Waals surface area (Å²) in [5.41, 5.74) is 1.48. The predicted molar refractivity (Wildman–Crippen MR) is 249 cm³/mol. The van der Waals surface area contributed by atoms with Gasteiger partial charge in [-0.05, 0) is 87.2 Å². The van der Waals surface area contributed by atoms with Crippen LogP contribution in [-0.4, -0.2) is 99.6 Å². The van der Waals surface area contributed by atoms with Crippen molar-refractivity contribution >= 4 is 31.3 Å². The summed E-state index contributed by atoms with van der Waals surface area (Å²) in [6.45, 7) is 8.66. The van der Waals surface area contributed by atoms with Gasteiger partial charge in [-0.3, -0.25) is 4.79 Å². The number of phosphoric ester groups is 1. The number of nitrogens with zero attached hydrogens (tertiary/aromatic N) is 8. The molecule has 20 nitrogen and oxygen atoms in total. The molecule has 0 N–H and O–H groups in total. The van der Waals surface area contributed by atoms with Crippen LogP contribution in [0.25, 0.3) is 5.69 Å². The van der Waals surface area contributed by atoms with Crippen LogP contribution in [0.5, 0.6) is 5.75 Å². The number of phosphoric acid groups is 1. The fraction of sp³-hybridized carbons (Fsp3) is 0.500. The number of aromatic nitrogens is 6. The van der Waals surface area contributed by atoms with Gasteiger partial charge in [0.15, 0.2) is 0 Å². The van der Waals surface area contributed by atoms with E-state index >= 15 is 4.39 Å². The molecule has 2 aliphatic heterocycles. The number of carbonyl (C=O) groups is 2. The van der Waals surface area contributed by atoms with Crippen LogP contribution in [0.2, 0.25) is 0 Å².